The molecular weight excluding hydrogens is 324 g/mol. The average Bonchev–Trinajstić information content (AvgIpc) is 2.86. The lowest BCUT2D eigenvalue weighted by Crippen LogP contribution is -2.52. The molecule has 0 aromatic rings. The molecule has 0 saturated heterocycles. The molecular formula is C23H34O3. The van der Waals surface area contributed by atoms with E-state index in [4.69, 9.17) is 0 Å². The van der Waals surface area contributed by atoms with Gasteiger partial charge in [-0.05, 0) is 91.4 Å². The van der Waals surface area contributed by atoms with Crippen molar-refractivity contribution in [1.82, 2.24) is 0 Å². The summed E-state index contributed by atoms with van der Waals surface area (Å²) in [6, 6.07) is 0. The number of carboxylic acid groups (broad SMARTS) is 1. The molecule has 3 heteroatoms. The van der Waals surface area contributed by atoms with Gasteiger partial charge in [-0.3, -0.25) is 9.59 Å². The smallest absolute Gasteiger partial charge is 0.303 e. The lowest BCUT2D eigenvalue weighted by molar-refractivity contribution is -0.139. The van der Waals surface area contributed by atoms with Crippen LogP contribution in [0, 0.1) is 34.0 Å². The second-order valence-electron chi connectivity index (χ2n) is 10.4. The van der Waals surface area contributed by atoms with E-state index in [0.717, 1.165) is 43.4 Å². The van der Waals surface area contributed by atoms with Gasteiger partial charge in [0.1, 0.15) is 0 Å². The summed E-state index contributed by atoms with van der Waals surface area (Å²) >= 11 is 0. The predicted molar refractivity (Wildman–Crippen MR) is 102 cm³/mol. The number of allylic oxidation sites excluding steroid dienone is 1. The van der Waals surface area contributed by atoms with Crippen molar-refractivity contribution >= 4 is 11.8 Å². The summed E-state index contributed by atoms with van der Waals surface area (Å²) in [4.78, 5) is 23.1. The molecule has 4 aliphatic carbocycles. The van der Waals surface area contributed by atoms with E-state index in [1.165, 1.54) is 37.7 Å². The second kappa shape index (κ2) is 5.94. The number of rotatable bonds is 3. The van der Waals surface area contributed by atoms with Gasteiger partial charge >= 0.3 is 5.97 Å². The monoisotopic (exact) mass is 358 g/mol. The highest BCUT2D eigenvalue weighted by atomic mass is 16.4. The quantitative estimate of drug-likeness (QED) is 0.736. The van der Waals surface area contributed by atoms with E-state index in [-0.39, 0.29) is 16.2 Å². The number of aliphatic carboxylic acids is 1. The molecule has 3 fully saturated rings. The molecule has 6 atom stereocenters. The average molecular weight is 359 g/mol. The third-order valence-electron chi connectivity index (χ3n) is 9.63. The summed E-state index contributed by atoms with van der Waals surface area (Å²) in [5, 5.41) is 9.21. The number of hydrogen-bond acceptors (Lipinski definition) is 2. The fourth-order valence-corrected chi connectivity index (χ4v) is 7.71. The van der Waals surface area contributed by atoms with E-state index >= 15 is 0 Å². The van der Waals surface area contributed by atoms with Crippen LogP contribution in [-0.2, 0) is 9.59 Å². The Morgan fingerprint density at radius 1 is 1.08 bits per heavy atom. The maximum absolute atomic E-state index is 11.9. The SMILES string of the molecule is C[C@@]1(CCC(=O)O)CCC2C3CCC4=CC(=O)CC[C@]4(C)C3CC[C@@]21C. The Bertz CT molecular complexity index is 664. The number of fused-ring (bicyclic) bond motifs is 5. The normalized spacial score (nSPS) is 47.6. The highest BCUT2D eigenvalue weighted by Crippen LogP contribution is 2.70. The minimum Gasteiger partial charge on any atom is -0.481 e. The van der Waals surface area contributed by atoms with Gasteiger partial charge in [-0.25, -0.2) is 0 Å². The van der Waals surface area contributed by atoms with Crippen LogP contribution in [0.25, 0.3) is 0 Å². The van der Waals surface area contributed by atoms with Gasteiger partial charge in [0, 0.05) is 12.8 Å². The first-order valence-corrected chi connectivity index (χ1v) is 10.7. The van der Waals surface area contributed by atoms with Gasteiger partial charge < -0.3 is 5.11 Å². The van der Waals surface area contributed by atoms with Crippen molar-refractivity contribution in [2.24, 2.45) is 34.0 Å². The van der Waals surface area contributed by atoms with Crippen molar-refractivity contribution in [3.63, 3.8) is 0 Å². The molecule has 0 aromatic heterocycles. The lowest BCUT2D eigenvalue weighted by Gasteiger charge is -2.59. The summed E-state index contributed by atoms with van der Waals surface area (Å²) in [7, 11) is 0. The highest BCUT2D eigenvalue weighted by Gasteiger charge is 2.62. The maximum atomic E-state index is 11.9. The molecule has 4 rings (SSSR count). The van der Waals surface area contributed by atoms with E-state index in [0.29, 0.717) is 12.2 Å². The number of ketones is 1. The molecule has 0 aliphatic heterocycles. The fourth-order valence-electron chi connectivity index (χ4n) is 7.71. The van der Waals surface area contributed by atoms with Gasteiger partial charge in [0.15, 0.2) is 5.78 Å². The first-order valence-electron chi connectivity index (χ1n) is 10.7. The van der Waals surface area contributed by atoms with Crippen molar-refractivity contribution in [2.75, 3.05) is 0 Å². The summed E-state index contributed by atoms with van der Waals surface area (Å²) in [6.07, 6.45) is 12.1. The molecule has 0 aromatic carbocycles. The van der Waals surface area contributed by atoms with Crippen LogP contribution >= 0.6 is 0 Å². The van der Waals surface area contributed by atoms with E-state index < -0.39 is 5.97 Å². The van der Waals surface area contributed by atoms with Crippen LogP contribution in [0.15, 0.2) is 11.6 Å². The Hall–Kier alpha value is -1.12. The number of carbonyl (C=O) groups is 2. The number of carbonyl (C=O) groups excluding carboxylic acids is 1. The Labute approximate surface area is 157 Å². The minimum absolute atomic E-state index is 0.167. The van der Waals surface area contributed by atoms with Crippen LogP contribution in [0.5, 0.6) is 0 Å². The fraction of sp³-hybridized carbons (Fsp3) is 0.826. The van der Waals surface area contributed by atoms with Crippen molar-refractivity contribution in [3.8, 4) is 0 Å². The summed E-state index contributed by atoms with van der Waals surface area (Å²) < 4.78 is 0. The Morgan fingerprint density at radius 3 is 2.54 bits per heavy atom. The Morgan fingerprint density at radius 2 is 1.81 bits per heavy atom. The summed E-state index contributed by atoms with van der Waals surface area (Å²) in [5.41, 5.74) is 2.12. The van der Waals surface area contributed by atoms with E-state index in [1.54, 1.807) is 0 Å². The molecule has 0 radical (unpaired) electrons. The topological polar surface area (TPSA) is 54.4 Å². The maximum Gasteiger partial charge on any atom is 0.303 e. The van der Waals surface area contributed by atoms with Gasteiger partial charge in [0.05, 0.1) is 0 Å². The van der Waals surface area contributed by atoms with Gasteiger partial charge in [-0.1, -0.05) is 26.3 Å². The molecule has 1 N–H and O–H groups in total. The molecule has 0 bridgehead atoms. The molecule has 4 aliphatic rings. The van der Waals surface area contributed by atoms with Crippen LogP contribution in [0.3, 0.4) is 0 Å². The zero-order valence-electron chi connectivity index (χ0n) is 16.6. The first kappa shape index (κ1) is 18.3. The molecule has 0 spiro atoms. The van der Waals surface area contributed by atoms with Crippen LogP contribution in [0.1, 0.15) is 85.0 Å². The standard InChI is InChI=1S/C23H34O3/c1-21(11-9-20(25)26)10-7-19-17-5-4-15-14-16(24)6-12-22(15,2)18(17)8-13-23(19,21)3/h14,17-19H,4-13H2,1-3H3,(H,25,26)/t17?,18?,19?,21-,22-,23-/m0/s1. The summed E-state index contributed by atoms with van der Waals surface area (Å²) in [6.45, 7) is 7.27. The van der Waals surface area contributed by atoms with E-state index in [2.05, 4.69) is 20.8 Å². The largest absolute Gasteiger partial charge is 0.481 e. The molecule has 26 heavy (non-hydrogen) atoms. The highest BCUT2D eigenvalue weighted by molar-refractivity contribution is 5.91. The van der Waals surface area contributed by atoms with Crippen molar-refractivity contribution in [3.05, 3.63) is 11.6 Å². The predicted octanol–water partition coefficient (Wildman–Crippen LogP) is 5.39. The van der Waals surface area contributed by atoms with E-state index in [1.807, 2.05) is 6.08 Å². The van der Waals surface area contributed by atoms with Gasteiger partial charge in [0.2, 0.25) is 0 Å². The van der Waals surface area contributed by atoms with Gasteiger partial charge in [-0.15, -0.1) is 0 Å². The molecule has 3 saturated carbocycles. The van der Waals surface area contributed by atoms with Gasteiger partial charge in [-0.2, -0.15) is 0 Å². The van der Waals surface area contributed by atoms with Crippen LogP contribution in [0.2, 0.25) is 0 Å². The minimum atomic E-state index is -0.654. The first-order chi connectivity index (χ1) is 12.2. The zero-order chi connectivity index (χ0) is 18.7. The van der Waals surface area contributed by atoms with Crippen LogP contribution in [0.4, 0.5) is 0 Å². The second-order valence-corrected chi connectivity index (χ2v) is 10.4. The third-order valence-corrected chi connectivity index (χ3v) is 9.63. The van der Waals surface area contributed by atoms with Gasteiger partial charge in [0.25, 0.3) is 0 Å². The Balaban J connectivity index is 1.61. The van der Waals surface area contributed by atoms with Crippen LogP contribution < -0.4 is 0 Å². The van der Waals surface area contributed by atoms with Crippen molar-refractivity contribution in [1.29, 1.82) is 0 Å². The van der Waals surface area contributed by atoms with Crippen LogP contribution in [-0.4, -0.2) is 16.9 Å². The molecule has 3 nitrogen and oxygen atoms in total. The van der Waals surface area contributed by atoms with Crippen molar-refractivity contribution in [2.45, 2.75) is 85.0 Å². The van der Waals surface area contributed by atoms with E-state index in [9.17, 15) is 14.7 Å². The Kier molecular flexibility index (Phi) is 4.17. The summed E-state index contributed by atoms with van der Waals surface area (Å²) in [5.74, 6) is 1.89. The third kappa shape index (κ3) is 2.45. The lowest BCUT2D eigenvalue weighted by atomic mass is 9.45. The molecule has 0 amide bonds. The zero-order valence-corrected chi connectivity index (χ0v) is 16.6. The number of carboxylic acids is 1. The molecule has 0 heterocycles. The number of hydrogen-bond donors (Lipinski definition) is 1. The molecule has 3 unspecified atom stereocenters. The molecule has 144 valence electrons. The van der Waals surface area contributed by atoms with Crippen molar-refractivity contribution < 1.29 is 14.7 Å².